The van der Waals surface area contributed by atoms with E-state index in [4.69, 9.17) is 21.6 Å². The standard InChI is InChI=1S/C26H30ClN5O3/c1-17-15-31(7-8-32(17)26(34)19-5-9-35-10-6-19)16-21-11-22(27)12-24(18(21)2)30-25(33)20-3-4-23(13-28)29-14-20/h3-4,11-12,14,17,19H,5-10,15-16H2,1-2H3,(H,30,33). The van der Waals surface area contributed by atoms with Gasteiger partial charge in [0, 0.05) is 68.3 Å². The summed E-state index contributed by atoms with van der Waals surface area (Å²) in [5.74, 6) is 0.0132. The lowest BCUT2D eigenvalue weighted by Gasteiger charge is -2.42. The first-order chi connectivity index (χ1) is 16.9. The lowest BCUT2D eigenvalue weighted by atomic mass is 9.97. The van der Waals surface area contributed by atoms with Gasteiger partial charge in [-0.2, -0.15) is 5.26 Å². The van der Waals surface area contributed by atoms with Crippen LogP contribution in [-0.4, -0.2) is 65.5 Å². The average molecular weight is 496 g/mol. The van der Waals surface area contributed by atoms with Gasteiger partial charge in [-0.1, -0.05) is 11.6 Å². The Morgan fingerprint density at radius 1 is 1.26 bits per heavy atom. The third-order valence-electron chi connectivity index (χ3n) is 6.83. The maximum Gasteiger partial charge on any atom is 0.257 e. The molecule has 2 aliphatic heterocycles. The van der Waals surface area contributed by atoms with Crippen LogP contribution in [0.2, 0.25) is 5.02 Å². The van der Waals surface area contributed by atoms with Gasteiger partial charge in [0.05, 0.1) is 5.56 Å². The number of amides is 2. The summed E-state index contributed by atoms with van der Waals surface area (Å²) < 4.78 is 5.41. The zero-order chi connectivity index (χ0) is 24.9. The Hall–Kier alpha value is -2.99. The molecule has 1 aromatic carbocycles. The largest absolute Gasteiger partial charge is 0.381 e. The molecular weight excluding hydrogens is 466 g/mol. The van der Waals surface area contributed by atoms with Crippen molar-refractivity contribution in [3.63, 3.8) is 0 Å². The maximum atomic E-state index is 13.0. The van der Waals surface area contributed by atoms with Crippen molar-refractivity contribution in [3.05, 3.63) is 57.9 Å². The molecule has 1 atom stereocenters. The highest BCUT2D eigenvalue weighted by atomic mass is 35.5. The highest BCUT2D eigenvalue weighted by molar-refractivity contribution is 6.31. The lowest BCUT2D eigenvalue weighted by Crippen LogP contribution is -2.55. The van der Waals surface area contributed by atoms with Gasteiger partial charge in [-0.05, 0) is 62.1 Å². The zero-order valence-corrected chi connectivity index (χ0v) is 20.8. The fraction of sp³-hybridized carbons (Fsp3) is 0.462. The molecule has 2 aliphatic rings. The van der Waals surface area contributed by atoms with Crippen LogP contribution in [0.25, 0.3) is 0 Å². The molecular formula is C26H30ClN5O3. The van der Waals surface area contributed by atoms with E-state index in [-0.39, 0.29) is 29.5 Å². The molecule has 0 saturated carbocycles. The van der Waals surface area contributed by atoms with Gasteiger partial charge in [0.2, 0.25) is 5.91 Å². The molecule has 2 amide bonds. The Morgan fingerprint density at radius 3 is 2.69 bits per heavy atom. The first-order valence-corrected chi connectivity index (χ1v) is 12.3. The fourth-order valence-electron chi connectivity index (χ4n) is 4.74. The van der Waals surface area contributed by atoms with Crippen molar-refractivity contribution in [2.75, 3.05) is 38.2 Å². The van der Waals surface area contributed by atoms with Crippen LogP contribution in [0, 0.1) is 24.2 Å². The van der Waals surface area contributed by atoms with Crippen LogP contribution in [0.15, 0.2) is 30.5 Å². The SMILES string of the molecule is Cc1c(CN2CCN(C(=O)C3CCOCC3)C(C)C2)cc(Cl)cc1NC(=O)c1ccc(C#N)nc1. The molecule has 1 N–H and O–H groups in total. The number of nitrogens with one attached hydrogen (secondary N) is 1. The van der Waals surface area contributed by atoms with Gasteiger partial charge in [-0.15, -0.1) is 0 Å². The van der Waals surface area contributed by atoms with Gasteiger partial charge >= 0.3 is 0 Å². The van der Waals surface area contributed by atoms with Crippen molar-refractivity contribution in [1.82, 2.24) is 14.8 Å². The van der Waals surface area contributed by atoms with Crippen LogP contribution in [0.4, 0.5) is 5.69 Å². The van der Waals surface area contributed by atoms with E-state index in [0.29, 0.717) is 42.6 Å². The predicted molar refractivity (Wildman–Crippen MR) is 133 cm³/mol. The predicted octanol–water partition coefficient (Wildman–Crippen LogP) is 3.63. The summed E-state index contributed by atoms with van der Waals surface area (Å²) in [6.07, 6.45) is 3.00. The number of hydrogen-bond donors (Lipinski definition) is 1. The van der Waals surface area contributed by atoms with E-state index in [1.165, 1.54) is 12.3 Å². The summed E-state index contributed by atoms with van der Waals surface area (Å²) in [6, 6.07) is 8.82. The number of benzene rings is 1. The van der Waals surface area contributed by atoms with Crippen LogP contribution in [-0.2, 0) is 16.1 Å². The van der Waals surface area contributed by atoms with Gasteiger partial charge in [-0.3, -0.25) is 14.5 Å². The molecule has 0 spiro atoms. The second-order valence-corrected chi connectivity index (χ2v) is 9.67. The smallest absolute Gasteiger partial charge is 0.257 e. The van der Waals surface area contributed by atoms with E-state index in [9.17, 15) is 9.59 Å². The molecule has 0 aliphatic carbocycles. The molecule has 35 heavy (non-hydrogen) atoms. The number of rotatable bonds is 5. The molecule has 4 rings (SSSR count). The first-order valence-electron chi connectivity index (χ1n) is 11.9. The number of halogens is 1. The van der Waals surface area contributed by atoms with Crippen LogP contribution < -0.4 is 5.32 Å². The summed E-state index contributed by atoms with van der Waals surface area (Å²) in [6.45, 7) is 8.34. The minimum atomic E-state index is -0.313. The average Bonchev–Trinajstić information content (AvgIpc) is 2.87. The zero-order valence-electron chi connectivity index (χ0n) is 20.1. The Balaban J connectivity index is 1.41. The van der Waals surface area contributed by atoms with Crippen LogP contribution in [0.5, 0.6) is 0 Å². The van der Waals surface area contributed by atoms with Crippen LogP contribution in [0.3, 0.4) is 0 Å². The molecule has 0 bridgehead atoms. The van der Waals surface area contributed by atoms with Crippen LogP contribution >= 0.6 is 11.6 Å². The fourth-order valence-corrected chi connectivity index (χ4v) is 4.98. The molecule has 1 unspecified atom stereocenters. The lowest BCUT2D eigenvalue weighted by molar-refractivity contribution is -0.143. The Labute approximate surface area is 210 Å². The highest BCUT2D eigenvalue weighted by Gasteiger charge is 2.32. The number of carbonyl (C=O) groups is 2. The van der Waals surface area contributed by atoms with Crippen molar-refractivity contribution in [2.24, 2.45) is 5.92 Å². The summed E-state index contributed by atoms with van der Waals surface area (Å²) >= 11 is 6.41. The molecule has 2 aromatic rings. The minimum Gasteiger partial charge on any atom is -0.381 e. The number of pyridine rings is 1. The number of aromatic nitrogens is 1. The second-order valence-electron chi connectivity index (χ2n) is 9.24. The quantitative estimate of drug-likeness (QED) is 0.680. The molecule has 184 valence electrons. The van der Waals surface area contributed by atoms with Gasteiger partial charge in [0.1, 0.15) is 11.8 Å². The number of hydrogen-bond acceptors (Lipinski definition) is 6. The number of ether oxygens (including phenoxy) is 1. The van der Waals surface area contributed by atoms with Gasteiger partial charge < -0.3 is 15.0 Å². The van der Waals surface area contributed by atoms with E-state index in [0.717, 1.165) is 37.1 Å². The Morgan fingerprint density at radius 2 is 2.03 bits per heavy atom. The summed E-state index contributed by atoms with van der Waals surface area (Å²) in [7, 11) is 0. The van der Waals surface area contributed by atoms with Crippen molar-refractivity contribution >= 4 is 29.1 Å². The molecule has 2 saturated heterocycles. The number of nitrogens with zero attached hydrogens (tertiary/aromatic N) is 4. The van der Waals surface area contributed by atoms with E-state index in [2.05, 4.69) is 22.1 Å². The van der Waals surface area contributed by atoms with Crippen molar-refractivity contribution in [1.29, 1.82) is 5.26 Å². The number of piperazine rings is 1. The topological polar surface area (TPSA) is 98.6 Å². The third-order valence-corrected chi connectivity index (χ3v) is 7.05. The summed E-state index contributed by atoms with van der Waals surface area (Å²) in [5, 5.41) is 12.4. The van der Waals surface area contributed by atoms with Crippen LogP contribution in [0.1, 0.15) is 46.9 Å². The monoisotopic (exact) mass is 495 g/mol. The first kappa shape index (κ1) is 25.1. The third kappa shape index (κ3) is 5.99. The number of nitriles is 1. The van der Waals surface area contributed by atoms with Gasteiger partial charge in [0.25, 0.3) is 5.91 Å². The van der Waals surface area contributed by atoms with Crippen molar-refractivity contribution in [3.8, 4) is 6.07 Å². The summed E-state index contributed by atoms with van der Waals surface area (Å²) in [4.78, 5) is 34.0. The van der Waals surface area contributed by atoms with Gasteiger partial charge in [-0.25, -0.2) is 4.98 Å². The second kappa shape index (κ2) is 11.2. The summed E-state index contributed by atoms with van der Waals surface area (Å²) in [5.41, 5.74) is 3.23. The van der Waals surface area contributed by atoms with E-state index in [1.807, 2.05) is 24.0 Å². The number of anilines is 1. The van der Waals surface area contributed by atoms with Gasteiger partial charge in [0.15, 0.2) is 0 Å². The molecule has 9 heteroatoms. The van der Waals surface area contributed by atoms with E-state index in [1.54, 1.807) is 12.1 Å². The minimum absolute atomic E-state index is 0.0744. The Bertz CT molecular complexity index is 1130. The normalized spacial score (nSPS) is 19.3. The van der Waals surface area contributed by atoms with Crippen molar-refractivity contribution < 1.29 is 14.3 Å². The number of carbonyl (C=O) groups excluding carboxylic acids is 2. The highest BCUT2D eigenvalue weighted by Crippen LogP contribution is 2.28. The molecule has 1 aromatic heterocycles. The maximum absolute atomic E-state index is 13.0. The molecule has 8 nitrogen and oxygen atoms in total. The molecule has 2 fully saturated rings. The molecule has 0 radical (unpaired) electrons. The Kier molecular flexibility index (Phi) is 8.01. The van der Waals surface area contributed by atoms with E-state index < -0.39 is 0 Å². The molecule has 3 heterocycles. The van der Waals surface area contributed by atoms with Crippen molar-refractivity contribution in [2.45, 2.75) is 39.3 Å². The van der Waals surface area contributed by atoms with E-state index >= 15 is 0 Å².